The lowest BCUT2D eigenvalue weighted by atomic mass is 9.87. The topological polar surface area (TPSA) is 89.8 Å². The van der Waals surface area contributed by atoms with Crippen molar-refractivity contribution >= 4 is 5.91 Å². The van der Waals surface area contributed by atoms with Crippen LogP contribution in [0.2, 0.25) is 0 Å². The molecule has 0 aromatic rings. The van der Waals surface area contributed by atoms with Crippen molar-refractivity contribution in [3.05, 3.63) is 0 Å². The smallest absolute Gasteiger partial charge is 0.217 e. The fourth-order valence-electron chi connectivity index (χ4n) is 1.69. The second-order valence-corrected chi connectivity index (χ2v) is 4.49. The fraction of sp³-hybridized carbons (Fsp3) is 0.909. The molecule has 1 amide bonds. The van der Waals surface area contributed by atoms with Crippen LogP contribution in [0.25, 0.3) is 0 Å². The normalized spacial score (nSPS) is 20.7. The molecule has 0 aliphatic heterocycles. The van der Waals surface area contributed by atoms with E-state index in [1.54, 1.807) is 20.8 Å². The maximum absolute atomic E-state index is 10.8. The Labute approximate surface area is 96.5 Å². The van der Waals surface area contributed by atoms with Crippen molar-refractivity contribution < 1.29 is 20.1 Å². The number of nitrogens with one attached hydrogen (secondary N) is 1. The number of rotatable bonds is 6. The highest BCUT2D eigenvalue weighted by Gasteiger charge is 2.30. The lowest BCUT2D eigenvalue weighted by molar-refractivity contribution is -0.121. The summed E-state index contributed by atoms with van der Waals surface area (Å²) in [5, 5.41) is 31.2. The van der Waals surface area contributed by atoms with E-state index >= 15 is 0 Å². The summed E-state index contributed by atoms with van der Waals surface area (Å²) in [6.07, 6.45) is -1.64. The first-order valence-electron chi connectivity index (χ1n) is 5.55. The van der Waals surface area contributed by atoms with Gasteiger partial charge in [-0.05, 0) is 6.92 Å². The molecular weight excluding hydrogens is 210 g/mol. The van der Waals surface area contributed by atoms with Gasteiger partial charge in [-0.15, -0.1) is 0 Å². The van der Waals surface area contributed by atoms with Gasteiger partial charge in [0.1, 0.15) is 0 Å². The summed E-state index contributed by atoms with van der Waals surface area (Å²) in [5.74, 6) is -0.929. The molecule has 96 valence electrons. The van der Waals surface area contributed by atoms with E-state index in [0.717, 1.165) is 0 Å². The predicted octanol–water partition coefficient (Wildman–Crippen LogP) is -0.503. The maximum atomic E-state index is 10.8. The van der Waals surface area contributed by atoms with Crippen LogP contribution in [0.15, 0.2) is 0 Å². The first-order valence-corrected chi connectivity index (χ1v) is 5.55. The number of amides is 1. The molecule has 0 aliphatic carbocycles. The molecule has 5 heteroatoms. The van der Waals surface area contributed by atoms with E-state index in [-0.39, 0.29) is 18.4 Å². The largest absolute Gasteiger partial charge is 0.396 e. The van der Waals surface area contributed by atoms with Crippen molar-refractivity contribution in [2.75, 3.05) is 6.61 Å². The van der Waals surface area contributed by atoms with Crippen molar-refractivity contribution in [2.45, 2.75) is 45.9 Å². The zero-order chi connectivity index (χ0) is 12.9. The lowest BCUT2D eigenvalue weighted by Crippen LogP contribution is -2.47. The van der Waals surface area contributed by atoms with Crippen LogP contribution in [0, 0.1) is 11.8 Å². The Balaban J connectivity index is 4.35. The Morgan fingerprint density at radius 3 is 2.06 bits per heavy atom. The van der Waals surface area contributed by atoms with Crippen molar-refractivity contribution in [1.29, 1.82) is 0 Å². The van der Waals surface area contributed by atoms with Crippen LogP contribution in [-0.2, 0) is 4.79 Å². The monoisotopic (exact) mass is 233 g/mol. The van der Waals surface area contributed by atoms with Crippen LogP contribution in [-0.4, -0.2) is 46.1 Å². The van der Waals surface area contributed by atoms with Gasteiger partial charge in [-0.1, -0.05) is 13.8 Å². The Bertz CT molecular complexity index is 222. The van der Waals surface area contributed by atoms with Gasteiger partial charge in [0.25, 0.3) is 0 Å². The number of hydrogen-bond donors (Lipinski definition) is 4. The van der Waals surface area contributed by atoms with Crippen molar-refractivity contribution in [3.63, 3.8) is 0 Å². The Hall–Kier alpha value is -0.650. The molecule has 0 saturated heterocycles. The molecule has 0 heterocycles. The summed E-state index contributed by atoms with van der Waals surface area (Å²) in [6.45, 7) is 6.32. The number of carbonyl (C=O) groups excluding carboxylic acids is 1. The minimum Gasteiger partial charge on any atom is -0.396 e. The first kappa shape index (κ1) is 15.3. The maximum Gasteiger partial charge on any atom is 0.217 e. The fourth-order valence-corrected chi connectivity index (χ4v) is 1.69. The van der Waals surface area contributed by atoms with E-state index in [0.29, 0.717) is 0 Å². The highest BCUT2D eigenvalue weighted by atomic mass is 16.3. The molecule has 0 spiro atoms. The number of aliphatic hydroxyl groups excluding tert-OH is 3. The third-order valence-electron chi connectivity index (χ3n) is 2.89. The molecule has 0 unspecified atom stereocenters. The van der Waals surface area contributed by atoms with E-state index < -0.39 is 24.2 Å². The quantitative estimate of drug-likeness (QED) is 0.498. The van der Waals surface area contributed by atoms with Crippen LogP contribution in [0.1, 0.15) is 27.7 Å². The zero-order valence-electron chi connectivity index (χ0n) is 10.3. The summed E-state index contributed by atoms with van der Waals surface area (Å²) >= 11 is 0. The molecule has 0 radical (unpaired) electrons. The predicted molar refractivity (Wildman–Crippen MR) is 60.7 cm³/mol. The molecule has 5 atom stereocenters. The van der Waals surface area contributed by atoms with Gasteiger partial charge in [0, 0.05) is 25.4 Å². The van der Waals surface area contributed by atoms with E-state index in [1.165, 1.54) is 6.92 Å². The van der Waals surface area contributed by atoms with Gasteiger partial charge in [-0.25, -0.2) is 0 Å². The third kappa shape index (κ3) is 4.47. The van der Waals surface area contributed by atoms with Gasteiger partial charge in [-0.3, -0.25) is 4.79 Å². The van der Waals surface area contributed by atoms with E-state index in [1.807, 2.05) is 0 Å². The van der Waals surface area contributed by atoms with Gasteiger partial charge in [-0.2, -0.15) is 0 Å². The van der Waals surface area contributed by atoms with E-state index in [9.17, 15) is 15.0 Å². The summed E-state index contributed by atoms with van der Waals surface area (Å²) < 4.78 is 0. The standard InChI is InChI=1S/C11H23NO4/c1-6(5-13)10(15)7(2)11(16)8(3)12-9(4)14/h6-8,10-11,13,15-16H,5H2,1-4H3,(H,12,14)/t6-,7+,8-,10-,11+/m1/s1. The molecule has 5 nitrogen and oxygen atoms in total. The van der Waals surface area contributed by atoms with Crippen LogP contribution in [0.4, 0.5) is 0 Å². The van der Waals surface area contributed by atoms with Crippen molar-refractivity contribution in [1.82, 2.24) is 5.32 Å². The lowest BCUT2D eigenvalue weighted by Gasteiger charge is -2.31. The zero-order valence-corrected chi connectivity index (χ0v) is 10.3. The molecule has 0 aromatic carbocycles. The summed E-state index contributed by atoms with van der Waals surface area (Å²) in [5.41, 5.74) is 0. The first-order chi connectivity index (χ1) is 7.31. The van der Waals surface area contributed by atoms with Crippen LogP contribution in [0.5, 0.6) is 0 Å². The third-order valence-corrected chi connectivity index (χ3v) is 2.89. The summed E-state index contributed by atoms with van der Waals surface area (Å²) in [6, 6.07) is -0.423. The SMILES string of the molecule is CC(=O)N[C@H](C)[C@@H](O)[C@@H](C)[C@H](O)[C@H](C)CO. The average Bonchev–Trinajstić information content (AvgIpc) is 2.23. The average molecular weight is 233 g/mol. The Morgan fingerprint density at radius 1 is 1.19 bits per heavy atom. The number of hydrogen-bond acceptors (Lipinski definition) is 4. The van der Waals surface area contributed by atoms with Gasteiger partial charge >= 0.3 is 0 Å². The molecule has 0 saturated carbocycles. The molecule has 0 aliphatic rings. The summed E-state index contributed by atoms with van der Waals surface area (Å²) in [7, 11) is 0. The molecular formula is C11H23NO4. The van der Waals surface area contributed by atoms with E-state index in [4.69, 9.17) is 5.11 Å². The van der Waals surface area contributed by atoms with Gasteiger partial charge in [0.2, 0.25) is 5.91 Å². The van der Waals surface area contributed by atoms with Crippen molar-refractivity contribution in [2.24, 2.45) is 11.8 Å². The van der Waals surface area contributed by atoms with Crippen LogP contribution < -0.4 is 5.32 Å². The second-order valence-electron chi connectivity index (χ2n) is 4.49. The molecule has 0 fully saturated rings. The molecule has 16 heavy (non-hydrogen) atoms. The van der Waals surface area contributed by atoms with Crippen LogP contribution in [0.3, 0.4) is 0 Å². The number of aliphatic hydroxyl groups is 3. The summed E-state index contributed by atoms with van der Waals surface area (Å²) in [4.78, 5) is 10.8. The highest BCUT2D eigenvalue weighted by molar-refractivity contribution is 5.73. The Morgan fingerprint density at radius 2 is 1.69 bits per heavy atom. The van der Waals surface area contributed by atoms with Gasteiger partial charge in [0.15, 0.2) is 0 Å². The van der Waals surface area contributed by atoms with Crippen molar-refractivity contribution in [3.8, 4) is 0 Å². The minimum absolute atomic E-state index is 0.132. The molecule has 0 aromatic heterocycles. The highest BCUT2D eigenvalue weighted by Crippen LogP contribution is 2.18. The Kier molecular flexibility index (Phi) is 6.55. The molecule has 0 rings (SSSR count). The van der Waals surface area contributed by atoms with Gasteiger partial charge < -0.3 is 20.6 Å². The number of carbonyl (C=O) groups is 1. The molecule has 4 N–H and O–H groups in total. The second kappa shape index (κ2) is 6.83. The van der Waals surface area contributed by atoms with Gasteiger partial charge in [0.05, 0.1) is 18.2 Å². The molecule has 0 bridgehead atoms. The van der Waals surface area contributed by atoms with E-state index in [2.05, 4.69) is 5.32 Å². The van der Waals surface area contributed by atoms with Crippen LogP contribution >= 0.6 is 0 Å². The minimum atomic E-state index is -0.840.